The average molecular weight is 571 g/mol. The molecule has 32 heavy (non-hydrogen) atoms. The van der Waals surface area contributed by atoms with E-state index >= 15 is 0 Å². The van der Waals surface area contributed by atoms with E-state index in [0.29, 0.717) is 44.4 Å². The van der Waals surface area contributed by atoms with Crippen LogP contribution in [0.25, 0.3) is 11.3 Å². The first-order valence-corrected chi connectivity index (χ1v) is 11.6. The van der Waals surface area contributed by atoms with Crippen molar-refractivity contribution in [1.82, 2.24) is 29.6 Å². The number of aromatic nitrogens is 3. The molecule has 3 aromatic rings. The van der Waals surface area contributed by atoms with Crippen LogP contribution in [0.1, 0.15) is 11.5 Å². The normalized spacial score (nSPS) is 15.4. The fourth-order valence-electron chi connectivity index (χ4n) is 3.48. The lowest BCUT2D eigenvalue weighted by atomic mass is 10.2. The zero-order valence-corrected chi connectivity index (χ0v) is 20.8. The van der Waals surface area contributed by atoms with Crippen molar-refractivity contribution in [3.05, 3.63) is 60.4 Å². The molecule has 2 N–H and O–H groups in total. The van der Waals surface area contributed by atoms with Crippen LogP contribution in [-0.4, -0.2) is 71.9 Å². The van der Waals surface area contributed by atoms with Crippen LogP contribution < -0.4 is 5.32 Å². The Morgan fingerprint density at radius 3 is 2.59 bits per heavy atom. The highest BCUT2D eigenvalue weighted by atomic mass is 127. The third kappa shape index (κ3) is 5.86. The van der Waals surface area contributed by atoms with Gasteiger partial charge in [0.1, 0.15) is 17.8 Å². The molecule has 12 heteroatoms. The summed E-state index contributed by atoms with van der Waals surface area (Å²) in [5.41, 5.74) is 2.44. The number of nitrogens with one attached hydrogen (secondary N) is 2. The molecule has 1 saturated heterocycles. The van der Waals surface area contributed by atoms with Crippen LogP contribution in [0.5, 0.6) is 0 Å². The van der Waals surface area contributed by atoms with E-state index in [1.54, 1.807) is 13.1 Å². The number of hydrogen-bond donors (Lipinski definition) is 2. The van der Waals surface area contributed by atoms with Gasteiger partial charge in [0, 0.05) is 39.3 Å². The summed E-state index contributed by atoms with van der Waals surface area (Å²) < 4.78 is 31.4. The van der Waals surface area contributed by atoms with Crippen molar-refractivity contribution in [2.45, 2.75) is 12.3 Å². The molecule has 1 aliphatic heterocycles. The third-order valence-corrected chi connectivity index (χ3v) is 6.90. The average Bonchev–Trinajstić information content (AvgIpc) is 3.47. The maximum Gasteiger partial charge on any atom is 0.220 e. The van der Waals surface area contributed by atoms with Gasteiger partial charge in [0.05, 0.1) is 24.1 Å². The molecule has 2 aromatic heterocycles. The van der Waals surface area contributed by atoms with Crippen molar-refractivity contribution >= 4 is 40.0 Å². The van der Waals surface area contributed by atoms with Gasteiger partial charge in [-0.1, -0.05) is 35.5 Å². The van der Waals surface area contributed by atoms with E-state index < -0.39 is 10.0 Å². The van der Waals surface area contributed by atoms with Gasteiger partial charge in [0.2, 0.25) is 10.0 Å². The van der Waals surface area contributed by atoms with Crippen LogP contribution in [0.15, 0.2) is 58.4 Å². The molecule has 0 bridgehead atoms. The molecule has 1 fully saturated rings. The Morgan fingerprint density at radius 2 is 1.94 bits per heavy atom. The zero-order valence-electron chi connectivity index (χ0n) is 17.6. The molecule has 0 spiro atoms. The number of piperazine rings is 1. The van der Waals surface area contributed by atoms with Gasteiger partial charge in [-0.3, -0.25) is 4.99 Å². The van der Waals surface area contributed by atoms with Gasteiger partial charge in [-0.25, -0.2) is 13.4 Å². The Kier molecular flexibility index (Phi) is 8.26. The minimum Gasteiger partial charge on any atom is -0.364 e. The number of nitrogens with zero attached hydrogens (tertiary/aromatic N) is 5. The number of benzene rings is 1. The summed E-state index contributed by atoms with van der Waals surface area (Å²) in [6.45, 7) is 2.36. The first-order chi connectivity index (χ1) is 15.0. The van der Waals surface area contributed by atoms with Gasteiger partial charge >= 0.3 is 0 Å². The van der Waals surface area contributed by atoms with Crippen LogP contribution >= 0.6 is 24.0 Å². The molecular formula is C20H26IN7O3S. The Morgan fingerprint density at radius 1 is 1.19 bits per heavy atom. The molecule has 172 valence electrons. The number of aliphatic imine (C=N–C) groups is 1. The van der Waals surface area contributed by atoms with Crippen LogP contribution in [0.4, 0.5) is 0 Å². The smallest absolute Gasteiger partial charge is 0.220 e. The lowest BCUT2D eigenvalue weighted by Crippen LogP contribution is -2.53. The van der Waals surface area contributed by atoms with E-state index in [2.05, 4.69) is 25.4 Å². The van der Waals surface area contributed by atoms with E-state index in [1.807, 2.05) is 41.4 Å². The number of halogens is 1. The Hall–Kier alpha value is -2.45. The summed E-state index contributed by atoms with van der Waals surface area (Å²) in [7, 11) is -1.72. The SMILES string of the molecule is CN=C(NCc1ncc(-c2ccccc2)[nH]1)N1CCN(S(=O)(=O)Cc2ccon2)CC1.I. The minimum atomic E-state index is -3.43. The van der Waals surface area contributed by atoms with Crippen LogP contribution in [0.3, 0.4) is 0 Å². The van der Waals surface area contributed by atoms with Crippen molar-refractivity contribution in [1.29, 1.82) is 0 Å². The van der Waals surface area contributed by atoms with E-state index in [0.717, 1.165) is 17.1 Å². The van der Waals surface area contributed by atoms with Crippen LogP contribution in [-0.2, 0) is 22.3 Å². The molecule has 0 radical (unpaired) electrons. The fraction of sp³-hybridized carbons (Fsp3) is 0.350. The second-order valence-electron chi connectivity index (χ2n) is 7.14. The maximum absolute atomic E-state index is 12.6. The zero-order chi connectivity index (χ0) is 21.7. The van der Waals surface area contributed by atoms with E-state index in [4.69, 9.17) is 4.52 Å². The molecule has 0 aliphatic carbocycles. The minimum absolute atomic E-state index is 0. The second-order valence-corrected chi connectivity index (χ2v) is 9.11. The van der Waals surface area contributed by atoms with E-state index in [-0.39, 0.29) is 29.7 Å². The van der Waals surface area contributed by atoms with Crippen molar-refractivity contribution in [3.8, 4) is 11.3 Å². The molecular weight excluding hydrogens is 545 g/mol. The lowest BCUT2D eigenvalue weighted by Gasteiger charge is -2.35. The largest absolute Gasteiger partial charge is 0.364 e. The Balaban J connectivity index is 0.00000289. The van der Waals surface area contributed by atoms with E-state index in [9.17, 15) is 8.42 Å². The Bertz CT molecular complexity index is 1110. The second kappa shape index (κ2) is 10.9. The van der Waals surface area contributed by atoms with E-state index in [1.165, 1.54) is 10.6 Å². The third-order valence-electron chi connectivity index (χ3n) is 5.09. The van der Waals surface area contributed by atoms with Gasteiger partial charge < -0.3 is 19.7 Å². The molecule has 0 amide bonds. The molecule has 0 unspecified atom stereocenters. The number of guanidine groups is 1. The topological polar surface area (TPSA) is 120 Å². The van der Waals surface area contributed by atoms with Gasteiger partial charge in [-0.2, -0.15) is 4.31 Å². The van der Waals surface area contributed by atoms with Crippen molar-refractivity contribution in [3.63, 3.8) is 0 Å². The van der Waals surface area contributed by atoms with Crippen molar-refractivity contribution in [2.75, 3.05) is 33.2 Å². The highest BCUT2D eigenvalue weighted by molar-refractivity contribution is 14.0. The van der Waals surface area contributed by atoms with Gasteiger partial charge in [-0.05, 0) is 5.56 Å². The summed E-state index contributed by atoms with van der Waals surface area (Å²) in [5.74, 6) is 1.36. The summed E-state index contributed by atoms with van der Waals surface area (Å²) in [6.07, 6.45) is 3.19. The van der Waals surface area contributed by atoms with Gasteiger partial charge in [-0.15, -0.1) is 24.0 Å². The standard InChI is InChI=1S/C20H25N7O3S.HI/c1-21-20(23-14-19-22-13-18(24-19)16-5-3-2-4-6-16)26-8-10-27(11-9-26)31(28,29)15-17-7-12-30-25-17;/h2-7,12-13H,8-11,14-15H2,1H3,(H,21,23)(H,22,24);1H. The highest BCUT2D eigenvalue weighted by Gasteiger charge is 2.29. The van der Waals surface area contributed by atoms with Crippen molar-refractivity contribution < 1.29 is 12.9 Å². The highest BCUT2D eigenvalue weighted by Crippen LogP contribution is 2.16. The number of aromatic amines is 1. The first-order valence-electron chi connectivity index (χ1n) is 9.97. The lowest BCUT2D eigenvalue weighted by molar-refractivity contribution is 0.259. The predicted molar refractivity (Wildman–Crippen MR) is 132 cm³/mol. The summed E-state index contributed by atoms with van der Waals surface area (Å²) in [5, 5.41) is 7.00. The molecule has 10 nitrogen and oxygen atoms in total. The number of H-pyrrole nitrogens is 1. The number of imidazole rings is 1. The van der Waals surface area contributed by atoms with Crippen molar-refractivity contribution in [2.24, 2.45) is 4.99 Å². The predicted octanol–water partition coefficient (Wildman–Crippen LogP) is 1.91. The Labute approximate surface area is 204 Å². The molecule has 0 atom stereocenters. The first kappa shape index (κ1) is 24.2. The number of sulfonamides is 1. The monoisotopic (exact) mass is 571 g/mol. The molecule has 4 rings (SSSR count). The molecule has 0 saturated carbocycles. The molecule has 1 aliphatic rings. The number of hydrogen-bond acceptors (Lipinski definition) is 6. The summed E-state index contributed by atoms with van der Waals surface area (Å²) >= 11 is 0. The van der Waals surface area contributed by atoms with Gasteiger partial charge in [0.25, 0.3) is 0 Å². The molecule has 3 heterocycles. The van der Waals surface area contributed by atoms with Gasteiger partial charge in [0.15, 0.2) is 5.96 Å². The van der Waals surface area contributed by atoms with Crippen LogP contribution in [0, 0.1) is 0 Å². The fourth-order valence-corrected chi connectivity index (χ4v) is 4.90. The van der Waals surface area contributed by atoms with Crippen LogP contribution in [0.2, 0.25) is 0 Å². The maximum atomic E-state index is 12.6. The molecule has 1 aromatic carbocycles. The summed E-state index contributed by atoms with van der Waals surface area (Å²) in [4.78, 5) is 14.1. The summed E-state index contributed by atoms with van der Waals surface area (Å²) in [6, 6.07) is 11.6. The number of rotatable bonds is 6. The quantitative estimate of drug-likeness (QED) is 0.264.